The molecule has 0 radical (unpaired) electrons. The number of aromatic nitrogens is 1. The van der Waals surface area contributed by atoms with Crippen molar-refractivity contribution in [2.45, 2.75) is 58.8 Å². The molecule has 2 N–H and O–H groups in total. The fraction of sp³-hybridized carbons (Fsp3) is 0.450. The number of carbonyl (C=O) groups excluding carboxylic acids is 1. The van der Waals surface area contributed by atoms with Crippen molar-refractivity contribution >= 4 is 21.7 Å². The van der Waals surface area contributed by atoms with E-state index in [1.165, 1.54) is 0 Å². The van der Waals surface area contributed by atoms with Crippen LogP contribution in [0, 0.1) is 0 Å². The minimum Gasteiger partial charge on any atom is -0.507 e. The summed E-state index contributed by atoms with van der Waals surface area (Å²) in [5.74, 6) is 0.401. The first-order valence-electron chi connectivity index (χ1n) is 8.13. The summed E-state index contributed by atoms with van der Waals surface area (Å²) < 4.78 is 0.794. The molecule has 0 aliphatic heterocycles. The number of phenols is 1. The Bertz CT molecular complexity index is 726. The monoisotopic (exact) mass is 391 g/mol. The van der Waals surface area contributed by atoms with Crippen LogP contribution in [0.1, 0.15) is 68.6 Å². The van der Waals surface area contributed by atoms with Crippen LogP contribution in [0.3, 0.4) is 0 Å². The van der Waals surface area contributed by atoms with E-state index in [1.54, 1.807) is 12.3 Å². The molecule has 0 fully saturated rings. The first kappa shape index (κ1) is 18.8. The third-order valence-corrected chi connectivity index (χ3v) is 4.58. The Hall–Kier alpha value is -1.55. The molecule has 3 nitrogen and oxygen atoms in total. The highest BCUT2D eigenvalue weighted by Gasteiger charge is 2.27. The molecule has 0 spiro atoms. The molecule has 0 atom stereocenters. The molecule has 130 valence electrons. The van der Waals surface area contributed by atoms with Gasteiger partial charge in [-0.3, -0.25) is 4.79 Å². The van der Waals surface area contributed by atoms with Crippen LogP contribution in [0.5, 0.6) is 5.75 Å². The number of H-pyrrole nitrogens is 1. The van der Waals surface area contributed by atoms with Crippen LogP contribution >= 0.6 is 15.9 Å². The Labute approximate surface area is 152 Å². The third-order valence-electron chi connectivity index (χ3n) is 4.12. The summed E-state index contributed by atoms with van der Waals surface area (Å²) in [4.78, 5) is 15.5. The van der Waals surface area contributed by atoms with E-state index in [2.05, 4.69) is 62.5 Å². The zero-order valence-corrected chi connectivity index (χ0v) is 16.8. The zero-order valence-electron chi connectivity index (χ0n) is 15.2. The van der Waals surface area contributed by atoms with Gasteiger partial charge in [-0.25, -0.2) is 0 Å². The summed E-state index contributed by atoms with van der Waals surface area (Å²) in [6.07, 6.45) is 2.03. The molecule has 1 heterocycles. The molecule has 4 heteroatoms. The molecule has 0 amide bonds. The molecule has 2 aromatic rings. The summed E-state index contributed by atoms with van der Waals surface area (Å²) in [6, 6.07) is 5.71. The van der Waals surface area contributed by atoms with Gasteiger partial charge in [0.1, 0.15) is 5.75 Å². The average molecular weight is 392 g/mol. The lowest BCUT2D eigenvalue weighted by Gasteiger charge is -2.28. The second-order valence-corrected chi connectivity index (χ2v) is 9.23. The Morgan fingerprint density at radius 3 is 1.92 bits per heavy atom. The lowest BCUT2D eigenvalue weighted by molar-refractivity contribution is 0.0993. The standard InChI is InChI=1S/C20H26BrNO2/c1-19(2,3)14-7-12(8-15(18(14)24)20(4,5)6)9-16(23)13-10-17(21)22-11-13/h7-8,10-11,22,24H,9H2,1-6H3. The number of aromatic hydroxyl groups is 1. The Morgan fingerprint density at radius 2 is 1.54 bits per heavy atom. The fourth-order valence-electron chi connectivity index (χ4n) is 2.75. The molecule has 0 saturated carbocycles. The van der Waals surface area contributed by atoms with E-state index in [4.69, 9.17) is 0 Å². The van der Waals surface area contributed by atoms with Gasteiger partial charge in [0.25, 0.3) is 0 Å². The van der Waals surface area contributed by atoms with Crippen LogP contribution in [0.25, 0.3) is 0 Å². The predicted octanol–water partition coefficient (Wildman–Crippen LogP) is 5.50. The van der Waals surface area contributed by atoms with Crippen molar-refractivity contribution in [3.05, 3.63) is 51.3 Å². The van der Waals surface area contributed by atoms with Gasteiger partial charge < -0.3 is 10.1 Å². The summed E-state index contributed by atoms with van der Waals surface area (Å²) in [7, 11) is 0. The number of carbonyl (C=O) groups is 1. The zero-order chi connectivity index (χ0) is 18.3. The van der Waals surface area contributed by atoms with Gasteiger partial charge in [-0.1, -0.05) is 53.7 Å². The summed E-state index contributed by atoms with van der Waals surface area (Å²) in [6.45, 7) is 12.4. The number of phenolic OH excluding ortho intramolecular Hbond substituents is 1. The van der Waals surface area contributed by atoms with E-state index >= 15 is 0 Å². The number of halogens is 1. The molecule has 1 aromatic heterocycles. The van der Waals surface area contributed by atoms with Crippen molar-refractivity contribution in [2.24, 2.45) is 0 Å². The Kier molecular flexibility index (Phi) is 5.01. The normalized spacial score (nSPS) is 12.5. The largest absolute Gasteiger partial charge is 0.507 e. The van der Waals surface area contributed by atoms with Crippen molar-refractivity contribution in [1.29, 1.82) is 0 Å². The van der Waals surface area contributed by atoms with Crippen LogP contribution in [0.4, 0.5) is 0 Å². The quantitative estimate of drug-likeness (QED) is 0.678. The molecule has 0 saturated heterocycles. The van der Waals surface area contributed by atoms with Crippen LogP contribution in [0.2, 0.25) is 0 Å². The number of ketones is 1. The fourth-order valence-corrected chi connectivity index (χ4v) is 3.12. The SMILES string of the molecule is CC(C)(C)c1cc(CC(=O)c2c[nH]c(Br)c2)cc(C(C)(C)C)c1O. The van der Waals surface area contributed by atoms with Gasteiger partial charge in [0.05, 0.1) is 4.60 Å². The number of benzene rings is 1. The summed E-state index contributed by atoms with van der Waals surface area (Å²) >= 11 is 3.33. The summed E-state index contributed by atoms with van der Waals surface area (Å²) in [5.41, 5.74) is 2.97. The molecular formula is C20H26BrNO2. The Balaban J connectivity index is 2.48. The van der Waals surface area contributed by atoms with Crippen LogP contribution in [0.15, 0.2) is 29.0 Å². The van der Waals surface area contributed by atoms with Gasteiger partial charge in [-0.2, -0.15) is 0 Å². The highest BCUT2D eigenvalue weighted by atomic mass is 79.9. The van der Waals surface area contributed by atoms with Crippen LogP contribution in [-0.2, 0) is 17.3 Å². The van der Waals surface area contributed by atoms with Crippen molar-refractivity contribution in [3.8, 4) is 5.75 Å². The van der Waals surface area contributed by atoms with Crippen LogP contribution in [-0.4, -0.2) is 15.9 Å². The minimum absolute atomic E-state index is 0.0577. The first-order chi connectivity index (χ1) is 10.9. The molecule has 2 rings (SSSR count). The van der Waals surface area contributed by atoms with E-state index in [-0.39, 0.29) is 16.6 Å². The second kappa shape index (κ2) is 6.40. The van der Waals surface area contributed by atoms with Gasteiger partial charge in [0.15, 0.2) is 5.78 Å². The van der Waals surface area contributed by atoms with E-state index in [1.807, 2.05) is 12.1 Å². The minimum atomic E-state index is -0.194. The van der Waals surface area contributed by atoms with Crippen LogP contribution < -0.4 is 0 Å². The number of aromatic amines is 1. The highest BCUT2D eigenvalue weighted by Crippen LogP contribution is 2.40. The van der Waals surface area contributed by atoms with Gasteiger partial charge in [-0.15, -0.1) is 0 Å². The smallest absolute Gasteiger partial charge is 0.168 e. The molecule has 24 heavy (non-hydrogen) atoms. The molecule has 0 bridgehead atoms. The van der Waals surface area contributed by atoms with Gasteiger partial charge in [0, 0.05) is 18.2 Å². The maximum absolute atomic E-state index is 12.5. The Morgan fingerprint density at radius 1 is 1.04 bits per heavy atom. The lowest BCUT2D eigenvalue weighted by Crippen LogP contribution is -2.18. The van der Waals surface area contributed by atoms with Crippen molar-refractivity contribution in [3.63, 3.8) is 0 Å². The number of hydrogen-bond acceptors (Lipinski definition) is 2. The predicted molar refractivity (Wildman–Crippen MR) is 102 cm³/mol. The highest BCUT2D eigenvalue weighted by molar-refractivity contribution is 9.10. The molecular weight excluding hydrogens is 366 g/mol. The summed E-state index contributed by atoms with van der Waals surface area (Å²) in [5, 5.41) is 10.7. The molecule has 0 aliphatic carbocycles. The van der Waals surface area contributed by atoms with Crippen molar-refractivity contribution in [2.75, 3.05) is 0 Å². The van der Waals surface area contributed by atoms with E-state index in [0.29, 0.717) is 17.7 Å². The van der Waals surface area contributed by atoms with Gasteiger partial charge in [0.2, 0.25) is 0 Å². The average Bonchev–Trinajstić information content (AvgIpc) is 2.84. The first-order valence-corrected chi connectivity index (χ1v) is 8.93. The van der Waals surface area contributed by atoms with Gasteiger partial charge >= 0.3 is 0 Å². The van der Waals surface area contributed by atoms with Crippen molar-refractivity contribution < 1.29 is 9.90 Å². The molecule has 1 aromatic carbocycles. The lowest BCUT2D eigenvalue weighted by atomic mass is 9.78. The van der Waals surface area contributed by atoms with Gasteiger partial charge in [-0.05, 0) is 49.5 Å². The maximum Gasteiger partial charge on any atom is 0.168 e. The van der Waals surface area contributed by atoms with Crippen molar-refractivity contribution in [1.82, 2.24) is 4.98 Å². The van der Waals surface area contributed by atoms with E-state index in [0.717, 1.165) is 21.3 Å². The number of nitrogens with one attached hydrogen (secondary N) is 1. The van der Waals surface area contributed by atoms with E-state index in [9.17, 15) is 9.90 Å². The number of hydrogen-bond donors (Lipinski definition) is 2. The molecule has 0 unspecified atom stereocenters. The topological polar surface area (TPSA) is 53.1 Å². The molecule has 0 aliphatic rings. The number of rotatable bonds is 3. The third kappa shape index (κ3) is 4.10. The maximum atomic E-state index is 12.5. The number of Topliss-reactive ketones (excluding diaryl/α,β-unsaturated/α-hetero) is 1. The van der Waals surface area contributed by atoms with E-state index < -0.39 is 0 Å². The second-order valence-electron chi connectivity index (χ2n) is 8.38.